The van der Waals surface area contributed by atoms with Crippen molar-refractivity contribution in [1.29, 1.82) is 5.41 Å². The summed E-state index contributed by atoms with van der Waals surface area (Å²) in [7, 11) is 0. The number of thiocarbonyl (C=S) groups is 1. The highest BCUT2D eigenvalue weighted by molar-refractivity contribution is 8.13. The average Bonchev–Trinajstić information content (AvgIpc) is 2.53. The summed E-state index contributed by atoms with van der Waals surface area (Å²) in [6.45, 7) is 2.67. The van der Waals surface area contributed by atoms with Gasteiger partial charge in [0.25, 0.3) is 0 Å². The van der Waals surface area contributed by atoms with E-state index < -0.39 is 0 Å². The van der Waals surface area contributed by atoms with Crippen LogP contribution in [0.2, 0.25) is 0 Å². The summed E-state index contributed by atoms with van der Waals surface area (Å²) in [6, 6.07) is 14.5. The van der Waals surface area contributed by atoms with Crippen LogP contribution in [-0.2, 0) is 12.3 Å². The summed E-state index contributed by atoms with van der Waals surface area (Å²) in [6.07, 6.45) is 0. The smallest absolute Gasteiger partial charge is 0.163 e. The predicted molar refractivity (Wildman–Crippen MR) is 109 cm³/mol. The van der Waals surface area contributed by atoms with Crippen molar-refractivity contribution in [1.82, 2.24) is 5.32 Å². The van der Waals surface area contributed by atoms with E-state index in [1.807, 2.05) is 12.1 Å². The quantitative estimate of drug-likeness (QED) is 0.350. The molecule has 0 radical (unpaired) electrons. The molecule has 2 aromatic carbocycles. The maximum atomic E-state index is 7.41. The third-order valence-electron chi connectivity index (χ3n) is 3.25. The maximum absolute atomic E-state index is 7.41. The van der Waals surface area contributed by atoms with Crippen molar-refractivity contribution in [2.45, 2.75) is 29.0 Å². The van der Waals surface area contributed by atoms with Crippen LogP contribution in [0.15, 0.2) is 52.3 Å². The molecule has 0 unspecified atom stereocenters. The standard InChI is InChI=1S/C17H20N4S3/c1-11-6-7-13(10-23-16(18)19)15(8-11)24-14-5-3-2-4-12(14)9-21-17(20)22/h2-8H,9-10H2,1H3,(H3,18,19)(H3,20,21,22). The molecule has 7 heteroatoms. The Morgan fingerprint density at radius 1 is 1.12 bits per heavy atom. The van der Waals surface area contributed by atoms with Gasteiger partial charge in [-0.15, -0.1) is 0 Å². The number of aryl methyl sites for hydroxylation is 1. The minimum Gasteiger partial charge on any atom is -0.379 e. The van der Waals surface area contributed by atoms with Gasteiger partial charge >= 0.3 is 0 Å². The lowest BCUT2D eigenvalue weighted by Gasteiger charge is -2.13. The molecule has 0 aliphatic rings. The van der Waals surface area contributed by atoms with Crippen molar-refractivity contribution in [3.8, 4) is 0 Å². The number of nitrogens with one attached hydrogen (secondary N) is 2. The van der Waals surface area contributed by atoms with E-state index in [0.717, 1.165) is 10.5 Å². The van der Waals surface area contributed by atoms with Crippen LogP contribution in [-0.4, -0.2) is 10.3 Å². The van der Waals surface area contributed by atoms with Gasteiger partial charge in [-0.25, -0.2) is 0 Å². The number of hydrogen-bond acceptors (Lipinski definition) is 4. The number of rotatable bonds is 6. The zero-order chi connectivity index (χ0) is 17.5. The molecule has 0 aliphatic heterocycles. The Bertz CT molecular complexity index is 746. The molecule has 0 saturated carbocycles. The number of amidine groups is 1. The third kappa shape index (κ3) is 5.74. The van der Waals surface area contributed by atoms with Crippen LogP contribution < -0.4 is 16.8 Å². The van der Waals surface area contributed by atoms with Crippen LogP contribution in [0.3, 0.4) is 0 Å². The van der Waals surface area contributed by atoms with E-state index >= 15 is 0 Å². The predicted octanol–water partition coefficient (Wildman–Crippen LogP) is 3.61. The molecule has 0 saturated heterocycles. The SMILES string of the molecule is Cc1ccc(CSC(=N)N)c(Sc2ccccc2CNC(N)=S)c1. The molecule has 6 N–H and O–H groups in total. The van der Waals surface area contributed by atoms with Crippen LogP contribution in [0, 0.1) is 12.3 Å². The lowest BCUT2D eigenvalue weighted by Crippen LogP contribution is -2.28. The zero-order valence-electron chi connectivity index (χ0n) is 13.3. The monoisotopic (exact) mass is 376 g/mol. The molecule has 0 fully saturated rings. The molecular weight excluding hydrogens is 356 g/mol. The van der Waals surface area contributed by atoms with E-state index in [9.17, 15) is 0 Å². The van der Waals surface area contributed by atoms with Crippen molar-refractivity contribution in [2.24, 2.45) is 11.5 Å². The lowest BCUT2D eigenvalue weighted by atomic mass is 10.2. The fraction of sp³-hybridized carbons (Fsp3) is 0.176. The summed E-state index contributed by atoms with van der Waals surface area (Å²) in [5.74, 6) is 0.686. The van der Waals surface area contributed by atoms with Gasteiger partial charge in [-0.1, -0.05) is 53.9 Å². The molecule has 0 bridgehead atoms. The van der Waals surface area contributed by atoms with E-state index in [-0.39, 0.29) is 5.17 Å². The Morgan fingerprint density at radius 3 is 2.58 bits per heavy atom. The molecule has 126 valence electrons. The highest BCUT2D eigenvalue weighted by atomic mass is 32.2. The number of hydrogen-bond donors (Lipinski definition) is 4. The molecule has 0 spiro atoms. The molecule has 4 nitrogen and oxygen atoms in total. The van der Waals surface area contributed by atoms with Gasteiger partial charge in [-0.2, -0.15) is 0 Å². The Labute approximate surface area is 156 Å². The molecule has 0 heterocycles. The van der Waals surface area contributed by atoms with Crippen LogP contribution in [0.4, 0.5) is 0 Å². The molecule has 0 atom stereocenters. The van der Waals surface area contributed by atoms with Gasteiger partial charge in [0.1, 0.15) is 0 Å². The van der Waals surface area contributed by atoms with Crippen molar-refractivity contribution in [3.05, 3.63) is 59.2 Å². The van der Waals surface area contributed by atoms with Gasteiger partial charge in [0.05, 0.1) is 0 Å². The van der Waals surface area contributed by atoms with Crippen molar-refractivity contribution in [3.63, 3.8) is 0 Å². The van der Waals surface area contributed by atoms with Crippen LogP contribution >= 0.6 is 35.7 Å². The minimum atomic E-state index is 0.132. The van der Waals surface area contributed by atoms with Crippen molar-refractivity contribution < 1.29 is 0 Å². The first-order valence-electron chi connectivity index (χ1n) is 7.31. The number of thioether (sulfide) groups is 1. The summed E-state index contributed by atoms with van der Waals surface area (Å²) in [4.78, 5) is 2.33. The third-order valence-corrected chi connectivity index (χ3v) is 5.38. The Morgan fingerprint density at radius 2 is 1.88 bits per heavy atom. The van der Waals surface area contributed by atoms with E-state index in [4.69, 9.17) is 29.1 Å². The van der Waals surface area contributed by atoms with Crippen LogP contribution in [0.5, 0.6) is 0 Å². The summed E-state index contributed by atoms with van der Waals surface area (Å²) in [5, 5.41) is 10.8. The normalized spacial score (nSPS) is 10.4. The molecule has 24 heavy (non-hydrogen) atoms. The maximum Gasteiger partial charge on any atom is 0.163 e. The largest absolute Gasteiger partial charge is 0.379 e. The summed E-state index contributed by atoms with van der Waals surface area (Å²) < 4.78 is 0. The molecule has 2 aromatic rings. The fourth-order valence-electron chi connectivity index (χ4n) is 2.08. The zero-order valence-corrected chi connectivity index (χ0v) is 15.8. The van der Waals surface area contributed by atoms with E-state index in [1.165, 1.54) is 27.8 Å². The van der Waals surface area contributed by atoms with Crippen LogP contribution in [0.1, 0.15) is 16.7 Å². The second-order valence-corrected chi connectivity index (χ2v) is 7.73. The number of nitrogens with two attached hydrogens (primary N) is 2. The molecule has 2 rings (SSSR count). The van der Waals surface area contributed by atoms with Gasteiger partial charge in [0, 0.05) is 22.1 Å². The van der Waals surface area contributed by atoms with E-state index in [0.29, 0.717) is 17.4 Å². The lowest BCUT2D eigenvalue weighted by molar-refractivity contribution is 0.897. The Balaban J connectivity index is 2.25. The van der Waals surface area contributed by atoms with Gasteiger partial charge in [0.2, 0.25) is 0 Å². The average molecular weight is 377 g/mol. The first-order valence-corrected chi connectivity index (χ1v) is 9.52. The fourth-order valence-corrected chi connectivity index (χ4v) is 3.98. The van der Waals surface area contributed by atoms with Gasteiger partial charge in [-0.05, 0) is 48.0 Å². The highest BCUT2D eigenvalue weighted by Gasteiger charge is 2.09. The first-order chi connectivity index (χ1) is 11.5. The molecule has 0 amide bonds. The Kier molecular flexibility index (Phi) is 6.96. The first kappa shape index (κ1) is 18.6. The molecular formula is C17H20N4S3. The summed E-state index contributed by atoms with van der Waals surface area (Å²) in [5.41, 5.74) is 14.5. The molecule has 0 aromatic heterocycles. The minimum absolute atomic E-state index is 0.132. The van der Waals surface area contributed by atoms with Crippen molar-refractivity contribution >= 4 is 46.0 Å². The molecule has 0 aliphatic carbocycles. The van der Waals surface area contributed by atoms with Crippen LogP contribution in [0.25, 0.3) is 0 Å². The van der Waals surface area contributed by atoms with Gasteiger partial charge in [0.15, 0.2) is 10.3 Å². The summed E-state index contributed by atoms with van der Waals surface area (Å²) >= 11 is 7.93. The van der Waals surface area contributed by atoms with Gasteiger partial charge in [-0.3, -0.25) is 5.41 Å². The second-order valence-electron chi connectivity index (χ2n) is 5.19. The topological polar surface area (TPSA) is 87.9 Å². The van der Waals surface area contributed by atoms with Crippen molar-refractivity contribution in [2.75, 3.05) is 0 Å². The van der Waals surface area contributed by atoms with E-state index in [2.05, 4.69) is 42.6 Å². The Hall–Kier alpha value is -1.70. The van der Waals surface area contributed by atoms with E-state index in [1.54, 1.807) is 11.8 Å². The van der Waals surface area contributed by atoms with Gasteiger partial charge < -0.3 is 16.8 Å². The second kappa shape index (κ2) is 8.96. The highest BCUT2D eigenvalue weighted by Crippen LogP contribution is 2.35. The number of benzene rings is 2.